The second-order valence-electron chi connectivity index (χ2n) is 5.38. The third-order valence-corrected chi connectivity index (χ3v) is 4.22. The lowest BCUT2D eigenvalue weighted by Crippen LogP contribution is -2.33. The first-order valence-corrected chi connectivity index (χ1v) is 7.42. The molecule has 0 spiro atoms. The summed E-state index contributed by atoms with van der Waals surface area (Å²) < 4.78 is 5.58. The van der Waals surface area contributed by atoms with Crippen molar-refractivity contribution in [3.63, 3.8) is 0 Å². The van der Waals surface area contributed by atoms with Gasteiger partial charge in [0, 0.05) is 12.0 Å². The number of hydrogen-bond acceptors (Lipinski definition) is 1. The second kappa shape index (κ2) is 6.58. The maximum atomic E-state index is 6.48. The molecule has 0 radical (unpaired) electrons. The fourth-order valence-corrected chi connectivity index (χ4v) is 3.18. The van der Waals surface area contributed by atoms with Gasteiger partial charge in [0.25, 0.3) is 0 Å². The van der Waals surface area contributed by atoms with Crippen molar-refractivity contribution in [1.29, 1.82) is 0 Å². The standard InChI is InChI=1S/C16H23ClO/c1-3-18-16-9-13(10-16)8-15(17)11-14-7-5-4-6-12(14)2/h4-7,13,15-16H,3,8-11H2,1-2H3. The highest BCUT2D eigenvalue weighted by molar-refractivity contribution is 6.20. The van der Waals surface area contributed by atoms with E-state index in [-0.39, 0.29) is 5.38 Å². The first-order chi connectivity index (χ1) is 8.69. The lowest BCUT2D eigenvalue weighted by atomic mass is 9.78. The van der Waals surface area contributed by atoms with E-state index in [9.17, 15) is 0 Å². The smallest absolute Gasteiger partial charge is 0.0580 e. The van der Waals surface area contributed by atoms with Crippen molar-refractivity contribution < 1.29 is 4.74 Å². The van der Waals surface area contributed by atoms with Crippen LogP contribution in [-0.2, 0) is 11.2 Å². The summed E-state index contributed by atoms with van der Waals surface area (Å²) in [7, 11) is 0. The Bertz CT molecular complexity index is 371. The quantitative estimate of drug-likeness (QED) is 0.696. The Morgan fingerprint density at radius 1 is 1.33 bits per heavy atom. The summed E-state index contributed by atoms with van der Waals surface area (Å²) in [5, 5.41) is 0.263. The average Bonchev–Trinajstić information content (AvgIpc) is 2.29. The summed E-state index contributed by atoms with van der Waals surface area (Å²) in [5.74, 6) is 0.771. The van der Waals surface area contributed by atoms with Crippen molar-refractivity contribution in [1.82, 2.24) is 0 Å². The van der Waals surface area contributed by atoms with E-state index in [1.165, 1.54) is 24.0 Å². The van der Waals surface area contributed by atoms with Gasteiger partial charge in [-0.25, -0.2) is 0 Å². The largest absolute Gasteiger partial charge is 0.378 e. The zero-order chi connectivity index (χ0) is 13.0. The van der Waals surface area contributed by atoms with Crippen LogP contribution in [-0.4, -0.2) is 18.1 Å². The Balaban J connectivity index is 1.73. The molecule has 18 heavy (non-hydrogen) atoms. The van der Waals surface area contributed by atoms with Crippen LogP contribution in [0.3, 0.4) is 0 Å². The molecule has 1 aliphatic rings. The molecule has 1 saturated carbocycles. The maximum absolute atomic E-state index is 6.48. The molecule has 0 N–H and O–H groups in total. The molecule has 1 aliphatic carbocycles. The van der Waals surface area contributed by atoms with E-state index in [4.69, 9.17) is 16.3 Å². The minimum Gasteiger partial charge on any atom is -0.378 e. The van der Waals surface area contributed by atoms with Gasteiger partial charge in [0.15, 0.2) is 0 Å². The van der Waals surface area contributed by atoms with E-state index in [0.29, 0.717) is 6.10 Å². The van der Waals surface area contributed by atoms with E-state index in [0.717, 1.165) is 25.4 Å². The molecule has 0 amide bonds. The number of halogens is 1. The molecule has 1 aromatic rings. The van der Waals surface area contributed by atoms with Gasteiger partial charge in [-0.2, -0.15) is 0 Å². The van der Waals surface area contributed by atoms with Gasteiger partial charge in [-0.15, -0.1) is 11.6 Å². The molecule has 1 fully saturated rings. The summed E-state index contributed by atoms with van der Waals surface area (Å²) >= 11 is 6.48. The monoisotopic (exact) mass is 266 g/mol. The predicted octanol–water partition coefficient (Wildman–Crippen LogP) is 4.35. The van der Waals surface area contributed by atoms with E-state index < -0.39 is 0 Å². The Kier molecular flexibility index (Phi) is 5.08. The van der Waals surface area contributed by atoms with Gasteiger partial charge in [0.1, 0.15) is 0 Å². The number of benzene rings is 1. The van der Waals surface area contributed by atoms with Crippen LogP contribution >= 0.6 is 11.6 Å². The van der Waals surface area contributed by atoms with Crippen LogP contribution in [0.15, 0.2) is 24.3 Å². The minimum absolute atomic E-state index is 0.263. The molecular formula is C16H23ClO. The van der Waals surface area contributed by atoms with Crippen LogP contribution in [0, 0.1) is 12.8 Å². The Morgan fingerprint density at radius 3 is 2.72 bits per heavy atom. The van der Waals surface area contributed by atoms with Crippen LogP contribution in [0.5, 0.6) is 0 Å². The zero-order valence-corrected chi connectivity index (χ0v) is 12.1. The first-order valence-electron chi connectivity index (χ1n) is 6.99. The molecule has 0 heterocycles. The highest BCUT2D eigenvalue weighted by Crippen LogP contribution is 2.35. The van der Waals surface area contributed by atoms with Crippen molar-refractivity contribution >= 4 is 11.6 Å². The topological polar surface area (TPSA) is 9.23 Å². The molecule has 2 rings (SSSR count). The van der Waals surface area contributed by atoms with E-state index in [2.05, 4.69) is 38.1 Å². The minimum atomic E-state index is 0.263. The van der Waals surface area contributed by atoms with Gasteiger partial charge in [0.05, 0.1) is 6.10 Å². The van der Waals surface area contributed by atoms with Gasteiger partial charge in [-0.3, -0.25) is 0 Å². The zero-order valence-electron chi connectivity index (χ0n) is 11.4. The van der Waals surface area contributed by atoms with Crippen molar-refractivity contribution in [2.24, 2.45) is 5.92 Å². The van der Waals surface area contributed by atoms with Crippen LogP contribution in [0.4, 0.5) is 0 Å². The SMILES string of the molecule is CCOC1CC(CC(Cl)Cc2ccccc2C)C1. The third-order valence-electron chi connectivity index (χ3n) is 3.89. The van der Waals surface area contributed by atoms with Crippen LogP contribution in [0.1, 0.15) is 37.3 Å². The highest BCUT2D eigenvalue weighted by Gasteiger charge is 2.30. The van der Waals surface area contributed by atoms with Crippen molar-refractivity contribution in [3.05, 3.63) is 35.4 Å². The average molecular weight is 267 g/mol. The number of hydrogen-bond donors (Lipinski definition) is 0. The lowest BCUT2D eigenvalue weighted by Gasteiger charge is -2.36. The van der Waals surface area contributed by atoms with Crippen molar-refractivity contribution in [2.45, 2.75) is 51.0 Å². The third kappa shape index (κ3) is 3.73. The first kappa shape index (κ1) is 13.9. The normalized spacial score (nSPS) is 24.6. The summed E-state index contributed by atoms with van der Waals surface area (Å²) in [6, 6.07) is 8.53. The Labute approximate surface area is 115 Å². The van der Waals surface area contributed by atoms with E-state index >= 15 is 0 Å². The van der Waals surface area contributed by atoms with Gasteiger partial charge < -0.3 is 4.74 Å². The van der Waals surface area contributed by atoms with E-state index in [1.54, 1.807) is 0 Å². The van der Waals surface area contributed by atoms with Gasteiger partial charge in [0.2, 0.25) is 0 Å². The fourth-order valence-electron chi connectivity index (χ4n) is 2.76. The van der Waals surface area contributed by atoms with E-state index in [1.807, 2.05) is 0 Å². The summed E-state index contributed by atoms with van der Waals surface area (Å²) in [5.41, 5.74) is 2.74. The van der Waals surface area contributed by atoms with Gasteiger partial charge >= 0.3 is 0 Å². The van der Waals surface area contributed by atoms with Crippen LogP contribution in [0.2, 0.25) is 0 Å². The Hall–Kier alpha value is -0.530. The molecular weight excluding hydrogens is 244 g/mol. The van der Waals surface area contributed by atoms with Crippen molar-refractivity contribution in [2.75, 3.05) is 6.61 Å². The summed E-state index contributed by atoms with van der Waals surface area (Å²) in [6.45, 7) is 5.06. The lowest BCUT2D eigenvalue weighted by molar-refractivity contribution is -0.0266. The molecule has 1 nitrogen and oxygen atoms in total. The highest BCUT2D eigenvalue weighted by atomic mass is 35.5. The summed E-state index contributed by atoms with van der Waals surface area (Å²) in [4.78, 5) is 0. The number of aryl methyl sites for hydroxylation is 1. The number of ether oxygens (including phenoxy) is 1. The number of alkyl halides is 1. The molecule has 1 atom stereocenters. The Morgan fingerprint density at radius 2 is 2.06 bits per heavy atom. The summed E-state index contributed by atoms with van der Waals surface area (Å²) in [6.07, 6.45) is 5.02. The fraction of sp³-hybridized carbons (Fsp3) is 0.625. The molecule has 1 aromatic carbocycles. The molecule has 0 aromatic heterocycles. The molecule has 0 saturated heterocycles. The molecule has 2 heteroatoms. The predicted molar refractivity (Wildman–Crippen MR) is 77.3 cm³/mol. The van der Waals surface area contributed by atoms with Crippen LogP contribution in [0.25, 0.3) is 0 Å². The second-order valence-corrected chi connectivity index (χ2v) is 6.00. The molecule has 1 unspecified atom stereocenters. The van der Waals surface area contributed by atoms with Crippen LogP contribution < -0.4 is 0 Å². The van der Waals surface area contributed by atoms with Gasteiger partial charge in [-0.05, 0) is 56.6 Å². The maximum Gasteiger partial charge on any atom is 0.0580 e. The van der Waals surface area contributed by atoms with Gasteiger partial charge in [-0.1, -0.05) is 24.3 Å². The number of rotatable bonds is 6. The molecule has 100 valence electrons. The van der Waals surface area contributed by atoms with Crippen molar-refractivity contribution in [3.8, 4) is 0 Å². The molecule has 0 aliphatic heterocycles. The molecule has 0 bridgehead atoms.